The zero-order valence-electron chi connectivity index (χ0n) is 13.4. The summed E-state index contributed by atoms with van der Waals surface area (Å²) in [7, 11) is 0. The number of hydrogen-bond donors (Lipinski definition) is 0. The van der Waals surface area contributed by atoms with Gasteiger partial charge < -0.3 is 4.42 Å². The van der Waals surface area contributed by atoms with Gasteiger partial charge in [-0.25, -0.2) is 4.52 Å². The molecule has 0 spiro atoms. The van der Waals surface area contributed by atoms with Crippen molar-refractivity contribution in [2.45, 2.75) is 0 Å². The van der Waals surface area contributed by atoms with E-state index in [-0.39, 0.29) is 10.9 Å². The van der Waals surface area contributed by atoms with Crippen LogP contribution in [0.5, 0.6) is 0 Å². The lowest BCUT2D eigenvalue weighted by Gasteiger charge is -2.07. The predicted molar refractivity (Wildman–Crippen MR) is 101 cm³/mol. The van der Waals surface area contributed by atoms with Gasteiger partial charge in [0.1, 0.15) is 5.52 Å². The molecule has 0 saturated heterocycles. The van der Waals surface area contributed by atoms with Crippen molar-refractivity contribution in [3.8, 4) is 0 Å². The van der Waals surface area contributed by atoms with Crippen LogP contribution in [0.4, 0.5) is 0 Å². The molecule has 0 N–H and O–H groups in total. The molecular formula is C21H10N2O3. The number of rotatable bonds is 0. The molecule has 0 aliphatic rings. The Labute approximate surface area is 145 Å². The fourth-order valence-corrected chi connectivity index (χ4v) is 3.91. The molecule has 0 aliphatic carbocycles. The van der Waals surface area contributed by atoms with Crippen molar-refractivity contribution in [1.29, 1.82) is 0 Å². The summed E-state index contributed by atoms with van der Waals surface area (Å²) in [5.74, 6) is 0. The van der Waals surface area contributed by atoms with Gasteiger partial charge in [-0.2, -0.15) is 5.10 Å². The van der Waals surface area contributed by atoms with Crippen LogP contribution < -0.4 is 10.9 Å². The van der Waals surface area contributed by atoms with Crippen LogP contribution in [0.25, 0.3) is 48.9 Å². The Balaban J connectivity index is 2.02. The Kier molecular flexibility index (Phi) is 2.32. The molecule has 0 radical (unpaired) electrons. The van der Waals surface area contributed by atoms with Gasteiger partial charge >= 0.3 is 0 Å². The van der Waals surface area contributed by atoms with E-state index in [0.717, 1.165) is 32.6 Å². The first-order valence-corrected chi connectivity index (χ1v) is 8.22. The first-order chi connectivity index (χ1) is 12.7. The minimum atomic E-state index is -0.188. The van der Waals surface area contributed by atoms with Gasteiger partial charge in [-0.1, -0.05) is 12.1 Å². The van der Waals surface area contributed by atoms with Gasteiger partial charge in [0.15, 0.2) is 5.43 Å². The number of aromatic nitrogens is 2. The van der Waals surface area contributed by atoms with Crippen LogP contribution in [0.1, 0.15) is 0 Å². The van der Waals surface area contributed by atoms with Gasteiger partial charge in [-0.3, -0.25) is 9.59 Å². The largest absolute Gasteiger partial charge is 0.472 e. The fraction of sp³-hybridized carbons (Fsp3) is 0. The molecule has 6 rings (SSSR count). The van der Waals surface area contributed by atoms with Crippen molar-refractivity contribution < 1.29 is 4.42 Å². The highest BCUT2D eigenvalue weighted by Gasteiger charge is 2.16. The molecule has 6 aromatic rings. The Bertz CT molecular complexity index is 1630. The van der Waals surface area contributed by atoms with Crippen molar-refractivity contribution in [2.75, 3.05) is 0 Å². The predicted octanol–water partition coefficient (Wildman–Crippen LogP) is 3.70. The van der Waals surface area contributed by atoms with Gasteiger partial charge in [0.05, 0.1) is 23.6 Å². The molecule has 0 atom stereocenters. The molecule has 0 unspecified atom stereocenters. The summed E-state index contributed by atoms with van der Waals surface area (Å²) < 4.78 is 7.08. The van der Waals surface area contributed by atoms with E-state index in [1.165, 1.54) is 6.07 Å². The van der Waals surface area contributed by atoms with Crippen molar-refractivity contribution in [3.05, 3.63) is 81.5 Å². The third-order valence-electron chi connectivity index (χ3n) is 5.08. The Hall–Kier alpha value is -3.73. The van der Waals surface area contributed by atoms with Crippen LogP contribution in [0, 0.1) is 0 Å². The molecule has 26 heavy (non-hydrogen) atoms. The molecule has 0 fully saturated rings. The van der Waals surface area contributed by atoms with E-state index >= 15 is 0 Å². The Morgan fingerprint density at radius 2 is 1.62 bits per heavy atom. The third-order valence-corrected chi connectivity index (χ3v) is 5.08. The van der Waals surface area contributed by atoms with Crippen LogP contribution in [0.2, 0.25) is 0 Å². The van der Waals surface area contributed by atoms with Gasteiger partial charge in [0, 0.05) is 32.3 Å². The second-order valence-corrected chi connectivity index (χ2v) is 6.45. The minimum Gasteiger partial charge on any atom is -0.472 e. The summed E-state index contributed by atoms with van der Waals surface area (Å²) in [6.45, 7) is 0. The minimum absolute atomic E-state index is 0.100. The second kappa shape index (κ2) is 4.46. The van der Waals surface area contributed by atoms with Crippen LogP contribution in [-0.4, -0.2) is 9.61 Å². The third kappa shape index (κ3) is 1.52. The maximum Gasteiger partial charge on any atom is 0.206 e. The summed E-state index contributed by atoms with van der Waals surface area (Å²) in [4.78, 5) is 24.7. The summed E-state index contributed by atoms with van der Waals surface area (Å²) in [6.07, 6.45) is 3.32. The molecule has 122 valence electrons. The van der Waals surface area contributed by atoms with Gasteiger partial charge in [-0.15, -0.1) is 0 Å². The number of fused-ring (bicyclic) bond motifs is 6. The molecule has 3 aromatic carbocycles. The topological polar surface area (TPSA) is 64.6 Å². The average Bonchev–Trinajstić information content (AvgIpc) is 3.05. The van der Waals surface area contributed by atoms with Crippen molar-refractivity contribution >= 4 is 48.9 Å². The normalized spacial score (nSPS) is 12.2. The molecule has 3 aromatic heterocycles. The van der Waals surface area contributed by atoms with Gasteiger partial charge in [0.2, 0.25) is 5.43 Å². The second-order valence-electron chi connectivity index (χ2n) is 6.45. The van der Waals surface area contributed by atoms with Crippen molar-refractivity contribution in [2.24, 2.45) is 0 Å². The lowest BCUT2D eigenvalue weighted by Crippen LogP contribution is -2.09. The highest BCUT2D eigenvalue weighted by atomic mass is 16.3. The van der Waals surface area contributed by atoms with Crippen LogP contribution >= 0.6 is 0 Å². The number of benzene rings is 3. The monoisotopic (exact) mass is 338 g/mol. The molecule has 0 amide bonds. The first kappa shape index (κ1) is 13.5. The van der Waals surface area contributed by atoms with E-state index in [1.54, 1.807) is 35.2 Å². The average molecular weight is 338 g/mol. The zero-order chi connectivity index (χ0) is 17.4. The molecule has 0 bridgehead atoms. The number of nitrogens with zero attached hydrogens (tertiary/aromatic N) is 2. The SMILES string of the molecule is O=c1ccc2c3c1ccc(=O)c3nn1c2cc2ccc3coccc3c21. The highest BCUT2D eigenvalue weighted by molar-refractivity contribution is 6.17. The summed E-state index contributed by atoms with van der Waals surface area (Å²) in [6, 6.07) is 14.3. The van der Waals surface area contributed by atoms with Crippen LogP contribution in [0.3, 0.4) is 0 Å². The fourth-order valence-electron chi connectivity index (χ4n) is 3.91. The molecule has 5 nitrogen and oxygen atoms in total. The smallest absolute Gasteiger partial charge is 0.206 e. The molecule has 0 saturated carbocycles. The quantitative estimate of drug-likeness (QED) is 0.424. The van der Waals surface area contributed by atoms with E-state index < -0.39 is 0 Å². The van der Waals surface area contributed by atoms with Gasteiger partial charge in [-0.05, 0) is 36.4 Å². The Morgan fingerprint density at radius 1 is 0.808 bits per heavy atom. The van der Waals surface area contributed by atoms with E-state index in [9.17, 15) is 9.59 Å². The van der Waals surface area contributed by atoms with E-state index in [0.29, 0.717) is 16.3 Å². The standard InChI is InChI=1S/C21H10N2O3/c24-17-5-3-14-16-9-11-1-2-12-10-26-8-7-13(12)21(11)23(16)22-20-18(25)6-4-15(17)19(14)20/h1-10H. The van der Waals surface area contributed by atoms with Crippen molar-refractivity contribution in [3.63, 3.8) is 0 Å². The van der Waals surface area contributed by atoms with Crippen LogP contribution in [0.15, 0.2) is 75.1 Å². The molecular weight excluding hydrogens is 328 g/mol. The summed E-state index contributed by atoms with van der Waals surface area (Å²) in [5, 5.41) is 9.63. The first-order valence-electron chi connectivity index (χ1n) is 8.22. The summed E-state index contributed by atoms with van der Waals surface area (Å²) >= 11 is 0. The maximum absolute atomic E-state index is 12.5. The summed E-state index contributed by atoms with van der Waals surface area (Å²) in [5.41, 5.74) is 1.82. The molecule has 5 heteroatoms. The van der Waals surface area contributed by atoms with Crippen LogP contribution in [-0.2, 0) is 0 Å². The highest BCUT2D eigenvalue weighted by Crippen LogP contribution is 2.32. The Morgan fingerprint density at radius 3 is 2.54 bits per heavy atom. The molecule has 0 aliphatic heterocycles. The van der Waals surface area contributed by atoms with Crippen molar-refractivity contribution in [1.82, 2.24) is 9.61 Å². The lowest BCUT2D eigenvalue weighted by atomic mass is 10.0. The van der Waals surface area contributed by atoms with E-state index in [1.807, 2.05) is 24.3 Å². The lowest BCUT2D eigenvalue weighted by molar-refractivity contribution is 0.557. The maximum atomic E-state index is 12.5. The van der Waals surface area contributed by atoms with Gasteiger partial charge in [0.25, 0.3) is 0 Å². The van der Waals surface area contributed by atoms with E-state index in [2.05, 4.69) is 5.10 Å². The number of hydrogen-bond acceptors (Lipinski definition) is 4. The van der Waals surface area contributed by atoms with E-state index in [4.69, 9.17) is 4.42 Å². The molecule has 3 heterocycles. The zero-order valence-corrected chi connectivity index (χ0v) is 13.4.